The first-order valence-corrected chi connectivity index (χ1v) is 11.0. The van der Waals surface area contributed by atoms with Gasteiger partial charge in [0.1, 0.15) is 11.3 Å². The van der Waals surface area contributed by atoms with Gasteiger partial charge in [-0.15, -0.1) is 0 Å². The molecule has 1 spiro atoms. The summed E-state index contributed by atoms with van der Waals surface area (Å²) in [7, 11) is 0. The van der Waals surface area contributed by atoms with Gasteiger partial charge in [0, 0.05) is 0 Å². The molecule has 0 radical (unpaired) electrons. The molecule has 5 heteroatoms. The monoisotopic (exact) mass is 401 g/mol. The first-order chi connectivity index (χ1) is 13.5. The van der Waals surface area contributed by atoms with Crippen LogP contribution in [0.5, 0.6) is 0 Å². The number of aliphatic hydroxyl groups is 1. The van der Waals surface area contributed by atoms with Crippen LogP contribution in [0.1, 0.15) is 82.9 Å². The molecule has 1 aliphatic heterocycles. The Bertz CT molecular complexity index is 797. The largest absolute Gasteiger partial charge is 0.444 e. The summed E-state index contributed by atoms with van der Waals surface area (Å²) in [4.78, 5) is 15.0. The van der Waals surface area contributed by atoms with Gasteiger partial charge in [0.25, 0.3) is 0 Å². The number of nitrogens with zero attached hydrogens (tertiary/aromatic N) is 1. The third kappa shape index (κ3) is 3.91. The summed E-state index contributed by atoms with van der Waals surface area (Å²) in [6.07, 6.45) is 4.94. The van der Waals surface area contributed by atoms with E-state index in [0.29, 0.717) is 12.5 Å². The Morgan fingerprint density at radius 2 is 2.00 bits per heavy atom. The van der Waals surface area contributed by atoms with Gasteiger partial charge in [-0.3, -0.25) is 4.90 Å². The molecule has 160 valence electrons. The molecule has 1 heterocycles. The van der Waals surface area contributed by atoms with Crippen molar-refractivity contribution in [1.82, 2.24) is 4.90 Å². The van der Waals surface area contributed by atoms with E-state index < -0.39 is 11.3 Å². The second-order valence-electron chi connectivity index (χ2n) is 10.6. The molecular weight excluding hydrogens is 366 g/mol. The predicted molar refractivity (Wildman–Crippen MR) is 112 cm³/mol. The van der Waals surface area contributed by atoms with Gasteiger partial charge in [0.05, 0.1) is 18.2 Å². The van der Waals surface area contributed by atoms with Crippen LogP contribution in [-0.2, 0) is 22.3 Å². The molecule has 2 aliphatic carbocycles. The molecule has 1 saturated heterocycles. The molecule has 3 atom stereocenters. The summed E-state index contributed by atoms with van der Waals surface area (Å²) in [5, 5.41) is 9.92. The molecule has 3 aliphatic rings. The number of ether oxygens (including phenoxy) is 2. The molecule has 29 heavy (non-hydrogen) atoms. The SMILES string of the molecule is CC(C)(C)OC(=O)N1C2(CCC(c3ccc4c(c3)CCC(O)C4)C2)COC1(C)C. The fraction of sp³-hybridized carbons (Fsp3) is 0.708. The maximum atomic E-state index is 13.1. The summed E-state index contributed by atoms with van der Waals surface area (Å²) in [6, 6.07) is 6.75. The van der Waals surface area contributed by atoms with Crippen molar-refractivity contribution in [2.75, 3.05) is 6.61 Å². The van der Waals surface area contributed by atoms with Crippen LogP contribution in [0.4, 0.5) is 4.79 Å². The first kappa shape index (κ1) is 20.7. The number of amides is 1. The number of benzene rings is 1. The Hall–Kier alpha value is -1.59. The van der Waals surface area contributed by atoms with E-state index in [2.05, 4.69) is 18.2 Å². The topological polar surface area (TPSA) is 59.0 Å². The first-order valence-electron chi connectivity index (χ1n) is 11.0. The Morgan fingerprint density at radius 3 is 2.72 bits per heavy atom. The van der Waals surface area contributed by atoms with E-state index in [1.807, 2.05) is 39.5 Å². The summed E-state index contributed by atoms with van der Waals surface area (Å²) in [5.74, 6) is 0.412. The molecular formula is C24H35NO4. The van der Waals surface area contributed by atoms with Crippen molar-refractivity contribution in [3.05, 3.63) is 34.9 Å². The molecule has 5 nitrogen and oxygen atoms in total. The van der Waals surface area contributed by atoms with Crippen LogP contribution in [-0.4, -0.2) is 45.7 Å². The standard InChI is InChI=1S/C24H35NO4/c1-22(2,3)29-21(27)25-23(4,5)28-15-24(25)11-10-19(14-24)17-6-7-18-13-20(26)9-8-16(18)12-17/h6-7,12,19-20,26H,8-11,13-15H2,1-5H3. The zero-order chi connectivity index (χ0) is 21.0. The van der Waals surface area contributed by atoms with E-state index in [9.17, 15) is 9.90 Å². The van der Waals surface area contributed by atoms with E-state index in [0.717, 1.165) is 38.5 Å². The van der Waals surface area contributed by atoms with E-state index in [1.165, 1.54) is 16.7 Å². The van der Waals surface area contributed by atoms with Gasteiger partial charge in [0.2, 0.25) is 0 Å². The van der Waals surface area contributed by atoms with Crippen LogP contribution in [0.2, 0.25) is 0 Å². The number of hydrogen-bond acceptors (Lipinski definition) is 4. The van der Waals surface area contributed by atoms with Gasteiger partial charge in [-0.2, -0.15) is 0 Å². The molecule has 0 aromatic heterocycles. The minimum absolute atomic E-state index is 0.205. The molecule has 2 fully saturated rings. The van der Waals surface area contributed by atoms with Crippen molar-refractivity contribution in [2.24, 2.45) is 0 Å². The lowest BCUT2D eigenvalue weighted by atomic mass is 9.85. The quantitative estimate of drug-likeness (QED) is 0.750. The third-order valence-corrected chi connectivity index (χ3v) is 6.77. The van der Waals surface area contributed by atoms with Crippen molar-refractivity contribution in [3.8, 4) is 0 Å². The molecule has 1 aromatic rings. The fourth-order valence-electron chi connectivity index (χ4n) is 5.47. The number of carbonyl (C=O) groups is 1. The molecule has 4 rings (SSSR count). The highest BCUT2D eigenvalue weighted by atomic mass is 16.6. The highest BCUT2D eigenvalue weighted by Gasteiger charge is 2.58. The van der Waals surface area contributed by atoms with Crippen molar-refractivity contribution < 1.29 is 19.4 Å². The molecule has 1 N–H and O–H groups in total. The van der Waals surface area contributed by atoms with Crippen LogP contribution in [0.3, 0.4) is 0 Å². The zero-order valence-electron chi connectivity index (χ0n) is 18.5. The molecule has 3 unspecified atom stereocenters. The van der Waals surface area contributed by atoms with E-state index in [1.54, 1.807) is 0 Å². The van der Waals surface area contributed by atoms with Gasteiger partial charge in [-0.25, -0.2) is 4.79 Å². The number of aryl methyl sites for hydroxylation is 1. The average molecular weight is 402 g/mol. The van der Waals surface area contributed by atoms with Gasteiger partial charge >= 0.3 is 6.09 Å². The van der Waals surface area contributed by atoms with Crippen molar-refractivity contribution in [3.63, 3.8) is 0 Å². The van der Waals surface area contributed by atoms with Crippen LogP contribution < -0.4 is 0 Å². The molecule has 1 aromatic carbocycles. The van der Waals surface area contributed by atoms with E-state index in [4.69, 9.17) is 9.47 Å². The third-order valence-electron chi connectivity index (χ3n) is 6.77. The predicted octanol–water partition coefficient (Wildman–Crippen LogP) is 4.55. The minimum atomic E-state index is -0.663. The molecule has 1 amide bonds. The average Bonchev–Trinajstić information content (AvgIpc) is 3.14. The highest BCUT2D eigenvalue weighted by Crippen LogP contribution is 2.51. The maximum Gasteiger partial charge on any atom is 0.413 e. The molecule has 0 bridgehead atoms. The van der Waals surface area contributed by atoms with E-state index >= 15 is 0 Å². The van der Waals surface area contributed by atoms with Crippen LogP contribution >= 0.6 is 0 Å². The van der Waals surface area contributed by atoms with Crippen molar-refractivity contribution >= 4 is 6.09 Å². The van der Waals surface area contributed by atoms with Crippen molar-refractivity contribution in [1.29, 1.82) is 0 Å². The second kappa shape index (κ2) is 6.98. The highest BCUT2D eigenvalue weighted by molar-refractivity contribution is 5.70. The Kier molecular flexibility index (Phi) is 4.98. The fourth-order valence-corrected chi connectivity index (χ4v) is 5.47. The lowest BCUT2D eigenvalue weighted by Gasteiger charge is -2.40. The van der Waals surface area contributed by atoms with Gasteiger partial charge in [-0.05, 0) is 95.8 Å². The minimum Gasteiger partial charge on any atom is -0.444 e. The lowest BCUT2D eigenvalue weighted by Crippen LogP contribution is -2.55. The van der Waals surface area contributed by atoms with Crippen molar-refractivity contribution in [2.45, 2.75) is 102 Å². The Labute approximate surface area is 174 Å². The number of hydrogen-bond donors (Lipinski definition) is 1. The smallest absolute Gasteiger partial charge is 0.413 e. The number of aliphatic hydroxyl groups excluding tert-OH is 1. The summed E-state index contributed by atoms with van der Waals surface area (Å²) in [5.41, 5.74) is 2.51. The zero-order valence-corrected chi connectivity index (χ0v) is 18.5. The molecule has 1 saturated carbocycles. The van der Waals surface area contributed by atoms with Gasteiger partial charge in [0.15, 0.2) is 0 Å². The lowest BCUT2D eigenvalue weighted by molar-refractivity contribution is -0.0688. The summed E-state index contributed by atoms with van der Waals surface area (Å²) < 4.78 is 11.9. The Balaban J connectivity index is 1.56. The second-order valence-corrected chi connectivity index (χ2v) is 10.6. The normalized spacial score (nSPS) is 31.2. The number of carbonyl (C=O) groups excluding carboxylic acids is 1. The maximum absolute atomic E-state index is 13.1. The number of rotatable bonds is 1. The van der Waals surface area contributed by atoms with E-state index in [-0.39, 0.29) is 17.7 Å². The Morgan fingerprint density at radius 1 is 1.24 bits per heavy atom. The van der Waals surface area contributed by atoms with Crippen LogP contribution in [0.15, 0.2) is 18.2 Å². The number of fused-ring (bicyclic) bond motifs is 1. The summed E-state index contributed by atoms with van der Waals surface area (Å²) >= 11 is 0. The van der Waals surface area contributed by atoms with Gasteiger partial charge in [-0.1, -0.05) is 18.2 Å². The summed E-state index contributed by atoms with van der Waals surface area (Å²) in [6.45, 7) is 10.2. The van der Waals surface area contributed by atoms with Gasteiger partial charge < -0.3 is 14.6 Å². The van der Waals surface area contributed by atoms with Crippen LogP contribution in [0, 0.1) is 0 Å². The van der Waals surface area contributed by atoms with Crippen LogP contribution in [0.25, 0.3) is 0 Å².